The van der Waals surface area contributed by atoms with Crippen molar-refractivity contribution < 1.29 is 9.90 Å². The Balaban J connectivity index is 2.75. The minimum absolute atomic E-state index is 0.0690. The van der Waals surface area contributed by atoms with Gasteiger partial charge in [-0.2, -0.15) is 0 Å². The average Bonchev–Trinajstić information content (AvgIpc) is 2.19. The molecule has 0 aliphatic carbocycles. The van der Waals surface area contributed by atoms with Gasteiger partial charge in [0.2, 0.25) is 0 Å². The van der Waals surface area contributed by atoms with Crippen molar-refractivity contribution in [1.82, 2.24) is 10.3 Å². The topological polar surface area (TPSA) is 88.2 Å². The zero-order valence-corrected chi connectivity index (χ0v) is 8.55. The first-order valence-electron chi connectivity index (χ1n) is 4.69. The molecule has 82 valence electrons. The number of carboxylic acids is 1. The SMILES string of the molecule is CNC(c1cccnc1)C(N)CC(=O)O. The molecule has 0 aliphatic rings. The van der Waals surface area contributed by atoms with Gasteiger partial charge in [0.05, 0.1) is 6.42 Å². The second kappa shape index (κ2) is 5.43. The third kappa shape index (κ3) is 3.30. The van der Waals surface area contributed by atoms with E-state index in [0.29, 0.717) is 0 Å². The van der Waals surface area contributed by atoms with Crippen molar-refractivity contribution in [2.24, 2.45) is 5.73 Å². The first-order chi connectivity index (χ1) is 7.15. The number of nitrogens with one attached hydrogen (secondary N) is 1. The number of aliphatic carboxylic acids is 1. The third-order valence-electron chi connectivity index (χ3n) is 2.19. The largest absolute Gasteiger partial charge is 0.481 e. The molecule has 1 heterocycles. The molecule has 0 aromatic carbocycles. The number of hydrogen-bond acceptors (Lipinski definition) is 4. The Labute approximate surface area is 88.3 Å². The summed E-state index contributed by atoms with van der Waals surface area (Å²) >= 11 is 0. The number of carbonyl (C=O) groups is 1. The maximum Gasteiger partial charge on any atom is 0.304 e. The molecule has 1 rings (SSSR count). The van der Waals surface area contributed by atoms with Crippen molar-refractivity contribution in [3.63, 3.8) is 0 Å². The highest BCUT2D eigenvalue weighted by Gasteiger charge is 2.20. The standard InChI is InChI=1S/C10H15N3O2/c1-12-10(8(11)5-9(14)15)7-3-2-4-13-6-7/h2-4,6,8,10,12H,5,11H2,1H3,(H,14,15). The molecule has 0 spiro atoms. The van der Waals surface area contributed by atoms with Gasteiger partial charge < -0.3 is 16.2 Å². The number of pyridine rings is 1. The molecule has 0 fully saturated rings. The highest BCUT2D eigenvalue weighted by molar-refractivity contribution is 5.67. The molecule has 5 heteroatoms. The number of carboxylic acid groups (broad SMARTS) is 1. The van der Waals surface area contributed by atoms with E-state index >= 15 is 0 Å². The Bertz CT molecular complexity index is 316. The monoisotopic (exact) mass is 209 g/mol. The molecule has 15 heavy (non-hydrogen) atoms. The molecule has 0 aliphatic heterocycles. The van der Waals surface area contributed by atoms with Crippen molar-refractivity contribution in [3.8, 4) is 0 Å². The molecule has 0 amide bonds. The van der Waals surface area contributed by atoms with Crippen molar-refractivity contribution in [2.75, 3.05) is 7.05 Å². The minimum Gasteiger partial charge on any atom is -0.481 e. The maximum absolute atomic E-state index is 10.5. The van der Waals surface area contributed by atoms with Crippen molar-refractivity contribution in [1.29, 1.82) is 0 Å². The lowest BCUT2D eigenvalue weighted by Gasteiger charge is -2.22. The van der Waals surface area contributed by atoms with Crippen LogP contribution in [0.15, 0.2) is 24.5 Å². The fraction of sp³-hybridized carbons (Fsp3) is 0.400. The molecule has 0 saturated heterocycles. The van der Waals surface area contributed by atoms with Crippen LogP contribution < -0.4 is 11.1 Å². The Kier molecular flexibility index (Phi) is 4.20. The smallest absolute Gasteiger partial charge is 0.304 e. The Morgan fingerprint density at radius 1 is 1.73 bits per heavy atom. The van der Waals surface area contributed by atoms with Crippen LogP contribution in [0.1, 0.15) is 18.0 Å². The lowest BCUT2D eigenvalue weighted by molar-refractivity contribution is -0.137. The van der Waals surface area contributed by atoms with E-state index in [1.54, 1.807) is 25.5 Å². The number of hydrogen-bond donors (Lipinski definition) is 3. The normalized spacial score (nSPS) is 14.5. The molecule has 0 radical (unpaired) electrons. The van der Waals surface area contributed by atoms with Gasteiger partial charge in [-0.25, -0.2) is 0 Å². The molecule has 5 nitrogen and oxygen atoms in total. The Morgan fingerprint density at radius 3 is 2.93 bits per heavy atom. The van der Waals surface area contributed by atoms with Crippen molar-refractivity contribution in [2.45, 2.75) is 18.5 Å². The van der Waals surface area contributed by atoms with Crippen molar-refractivity contribution >= 4 is 5.97 Å². The van der Waals surface area contributed by atoms with Gasteiger partial charge in [0, 0.05) is 24.5 Å². The third-order valence-corrected chi connectivity index (χ3v) is 2.19. The van der Waals surface area contributed by atoms with Gasteiger partial charge in [0.15, 0.2) is 0 Å². The fourth-order valence-electron chi connectivity index (χ4n) is 1.51. The van der Waals surface area contributed by atoms with Crippen LogP contribution in [-0.4, -0.2) is 29.1 Å². The summed E-state index contributed by atoms with van der Waals surface area (Å²) in [6, 6.07) is 3.02. The van der Waals surface area contributed by atoms with Gasteiger partial charge in [0.1, 0.15) is 0 Å². The molecule has 0 bridgehead atoms. The van der Waals surface area contributed by atoms with Gasteiger partial charge in [-0.1, -0.05) is 6.07 Å². The fourth-order valence-corrected chi connectivity index (χ4v) is 1.51. The van der Waals surface area contributed by atoms with Gasteiger partial charge in [-0.3, -0.25) is 9.78 Å². The van der Waals surface area contributed by atoms with E-state index in [1.807, 2.05) is 6.07 Å². The molecular formula is C10H15N3O2. The van der Waals surface area contributed by atoms with Crippen LogP contribution in [0.4, 0.5) is 0 Å². The molecule has 2 unspecified atom stereocenters. The van der Waals surface area contributed by atoms with E-state index in [1.165, 1.54) is 0 Å². The summed E-state index contributed by atoms with van der Waals surface area (Å²) < 4.78 is 0. The molecule has 1 aromatic heterocycles. The summed E-state index contributed by atoms with van der Waals surface area (Å²) in [4.78, 5) is 14.5. The van der Waals surface area contributed by atoms with E-state index in [-0.39, 0.29) is 12.5 Å². The lowest BCUT2D eigenvalue weighted by atomic mass is 9.99. The second-order valence-electron chi connectivity index (χ2n) is 3.31. The highest BCUT2D eigenvalue weighted by atomic mass is 16.4. The van der Waals surface area contributed by atoms with E-state index in [0.717, 1.165) is 5.56 Å². The quantitative estimate of drug-likeness (QED) is 0.642. The molecular weight excluding hydrogens is 194 g/mol. The summed E-state index contributed by atoms with van der Waals surface area (Å²) in [6.45, 7) is 0. The van der Waals surface area contributed by atoms with E-state index in [4.69, 9.17) is 10.8 Å². The zero-order chi connectivity index (χ0) is 11.3. The minimum atomic E-state index is -0.897. The first kappa shape index (κ1) is 11.6. The molecule has 4 N–H and O–H groups in total. The number of nitrogens with zero attached hydrogens (tertiary/aromatic N) is 1. The lowest BCUT2D eigenvalue weighted by Crippen LogP contribution is -2.37. The van der Waals surface area contributed by atoms with Crippen LogP contribution >= 0.6 is 0 Å². The number of aromatic nitrogens is 1. The van der Waals surface area contributed by atoms with E-state index in [9.17, 15) is 4.79 Å². The average molecular weight is 209 g/mol. The molecule has 2 atom stereocenters. The van der Waals surface area contributed by atoms with Gasteiger partial charge >= 0.3 is 5.97 Å². The highest BCUT2D eigenvalue weighted by Crippen LogP contribution is 2.15. The van der Waals surface area contributed by atoms with Crippen LogP contribution in [0.3, 0.4) is 0 Å². The van der Waals surface area contributed by atoms with Gasteiger partial charge in [-0.05, 0) is 18.7 Å². The molecule has 0 saturated carbocycles. The number of nitrogens with two attached hydrogens (primary N) is 1. The maximum atomic E-state index is 10.5. The van der Waals surface area contributed by atoms with Crippen LogP contribution in [0.2, 0.25) is 0 Å². The second-order valence-corrected chi connectivity index (χ2v) is 3.31. The van der Waals surface area contributed by atoms with Gasteiger partial charge in [0.25, 0.3) is 0 Å². The van der Waals surface area contributed by atoms with Crippen LogP contribution in [0.25, 0.3) is 0 Å². The summed E-state index contributed by atoms with van der Waals surface area (Å²) in [5, 5.41) is 11.6. The van der Waals surface area contributed by atoms with Crippen molar-refractivity contribution in [3.05, 3.63) is 30.1 Å². The number of rotatable bonds is 5. The zero-order valence-electron chi connectivity index (χ0n) is 8.55. The van der Waals surface area contributed by atoms with E-state index < -0.39 is 12.0 Å². The first-order valence-corrected chi connectivity index (χ1v) is 4.69. The Morgan fingerprint density at radius 2 is 2.47 bits per heavy atom. The van der Waals surface area contributed by atoms with Crippen LogP contribution in [0.5, 0.6) is 0 Å². The predicted octanol–water partition coefficient (Wildman–Crippen LogP) is 0.144. The van der Waals surface area contributed by atoms with Crippen LogP contribution in [0, 0.1) is 0 Å². The van der Waals surface area contributed by atoms with Crippen LogP contribution in [-0.2, 0) is 4.79 Å². The number of likely N-dealkylation sites (N-methyl/N-ethyl adjacent to an activating group) is 1. The Hall–Kier alpha value is -1.46. The summed E-state index contributed by atoms with van der Waals surface area (Å²) in [6.07, 6.45) is 3.28. The predicted molar refractivity (Wildman–Crippen MR) is 56.3 cm³/mol. The van der Waals surface area contributed by atoms with Gasteiger partial charge in [-0.15, -0.1) is 0 Å². The van der Waals surface area contributed by atoms with E-state index in [2.05, 4.69) is 10.3 Å². The summed E-state index contributed by atoms with van der Waals surface area (Å²) in [5.41, 5.74) is 6.69. The summed E-state index contributed by atoms with van der Waals surface area (Å²) in [7, 11) is 1.75. The molecule has 1 aromatic rings. The summed E-state index contributed by atoms with van der Waals surface area (Å²) in [5.74, 6) is -0.897.